The van der Waals surface area contributed by atoms with Crippen LogP contribution in [0.2, 0.25) is 0 Å². The average molecular weight is 447 g/mol. The van der Waals surface area contributed by atoms with E-state index in [9.17, 15) is 13.6 Å². The highest BCUT2D eigenvalue weighted by Gasteiger charge is 2.21. The minimum absolute atomic E-state index is 0.0468. The monoisotopic (exact) mass is 446 g/mol. The number of benzene rings is 2. The number of nitrogens with zero attached hydrogens (tertiary/aromatic N) is 2. The number of ether oxygens (including phenoxy) is 2. The van der Waals surface area contributed by atoms with Crippen molar-refractivity contribution < 1.29 is 18.3 Å². The number of para-hydroxylation sites is 1. The number of rotatable bonds is 6. The molecule has 0 aliphatic carbocycles. The number of hydrogen-bond donors (Lipinski definition) is 0. The molecule has 5 nitrogen and oxygen atoms in total. The minimum atomic E-state index is -2.70. The molecule has 0 saturated carbocycles. The van der Waals surface area contributed by atoms with Gasteiger partial charge in [-0.25, -0.2) is 4.98 Å². The molecule has 0 N–H and O–H groups in total. The highest BCUT2D eigenvalue weighted by Crippen LogP contribution is 2.37. The Kier molecular flexibility index (Phi) is 5.74. The molecule has 0 fully saturated rings. The number of aromatic nitrogens is 2. The second-order valence-electron chi connectivity index (χ2n) is 6.15. The molecule has 9 heteroatoms. The molecule has 0 saturated heterocycles. The maximum absolute atomic E-state index is 13.5. The summed E-state index contributed by atoms with van der Waals surface area (Å²) in [7, 11) is 3.08. The third-order valence-corrected chi connectivity index (χ3v) is 6.02. The highest BCUT2D eigenvalue weighted by atomic mass is 32.2. The molecule has 0 amide bonds. The van der Waals surface area contributed by atoms with Gasteiger partial charge in [-0.1, -0.05) is 24.3 Å². The topological polar surface area (TPSA) is 53.4 Å². The maximum Gasteiger partial charge on any atom is 0.291 e. The van der Waals surface area contributed by atoms with Crippen molar-refractivity contribution in [1.82, 2.24) is 9.55 Å². The van der Waals surface area contributed by atoms with Gasteiger partial charge in [-0.3, -0.25) is 9.36 Å². The van der Waals surface area contributed by atoms with Crippen molar-refractivity contribution in [3.05, 3.63) is 64.3 Å². The van der Waals surface area contributed by atoms with Crippen LogP contribution in [0.4, 0.5) is 8.78 Å². The molecule has 0 aliphatic heterocycles. The van der Waals surface area contributed by atoms with Crippen LogP contribution >= 0.6 is 23.1 Å². The third kappa shape index (κ3) is 3.66. The number of methoxy groups -OCH3 is 2. The maximum atomic E-state index is 13.5. The fraction of sp³-hybridized carbons (Fsp3) is 0.143. The van der Waals surface area contributed by atoms with E-state index in [1.54, 1.807) is 55.0 Å². The van der Waals surface area contributed by atoms with E-state index in [0.29, 0.717) is 33.0 Å². The summed E-state index contributed by atoms with van der Waals surface area (Å²) in [5.41, 5.74) is 1.48. The number of thioether (sulfide) groups is 1. The summed E-state index contributed by atoms with van der Waals surface area (Å²) < 4.78 is 38.2. The summed E-state index contributed by atoms with van der Waals surface area (Å²) in [6, 6.07) is 14.0. The lowest BCUT2D eigenvalue weighted by atomic mass is 10.1. The first-order chi connectivity index (χ1) is 14.5. The zero-order valence-electron chi connectivity index (χ0n) is 16.0. The molecule has 0 bridgehead atoms. The lowest BCUT2D eigenvalue weighted by Crippen LogP contribution is -2.21. The second kappa shape index (κ2) is 8.45. The van der Waals surface area contributed by atoms with Crippen LogP contribution < -0.4 is 15.0 Å². The lowest BCUT2D eigenvalue weighted by Gasteiger charge is -2.12. The summed E-state index contributed by atoms with van der Waals surface area (Å²) in [5, 5.41) is 2.12. The van der Waals surface area contributed by atoms with Gasteiger partial charge in [0.2, 0.25) is 0 Å². The van der Waals surface area contributed by atoms with Gasteiger partial charge in [-0.05, 0) is 41.6 Å². The molecule has 2 aromatic carbocycles. The van der Waals surface area contributed by atoms with E-state index in [-0.39, 0.29) is 16.9 Å². The number of fused-ring (bicyclic) bond motifs is 1. The quantitative estimate of drug-likeness (QED) is 0.291. The smallest absolute Gasteiger partial charge is 0.291 e. The third-order valence-electron chi connectivity index (χ3n) is 4.48. The Bertz CT molecular complexity index is 1260. The first kappa shape index (κ1) is 20.4. The van der Waals surface area contributed by atoms with Gasteiger partial charge in [0.05, 0.1) is 25.3 Å². The highest BCUT2D eigenvalue weighted by molar-refractivity contribution is 7.99. The van der Waals surface area contributed by atoms with Crippen molar-refractivity contribution in [2.45, 2.75) is 10.9 Å². The van der Waals surface area contributed by atoms with Gasteiger partial charge in [0.1, 0.15) is 4.83 Å². The van der Waals surface area contributed by atoms with Gasteiger partial charge in [0.25, 0.3) is 11.3 Å². The number of halogens is 2. The van der Waals surface area contributed by atoms with Crippen LogP contribution in [0.25, 0.3) is 27.0 Å². The van der Waals surface area contributed by atoms with Crippen LogP contribution in [0.5, 0.6) is 11.5 Å². The molecule has 30 heavy (non-hydrogen) atoms. The van der Waals surface area contributed by atoms with Gasteiger partial charge >= 0.3 is 0 Å². The molecule has 2 heterocycles. The summed E-state index contributed by atoms with van der Waals surface area (Å²) in [6.45, 7) is 0. The number of alkyl halides is 2. The van der Waals surface area contributed by atoms with Crippen molar-refractivity contribution in [1.29, 1.82) is 0 Å². The normalized spacial score (nSPS) is 11.2. The SMILES string of the molecule is COc1ccc(-c2csc3nc(SC(F)F)n(-c4ccccc4)c(=O)c23)cc1OC. The van der Waals surface area contributed by atoms with E-state index in [1.807, 2.05) is 6.07 Å². The van der Waals surface area contributed by atoms with Crippen molar-refractivity contribution in [2.75, 3.05) is 14.2 Å². The predicted molar refractivity (Wildman–Crippen MR) is 116 cm³/mol. The molecule has 0 radical (unpaired) electrons. The molecule has 0 atom stereocenters. The van der Waals surface area contributed by atoms with Crippen molar-refractivity contribution >= 4 is 33.3 Å². The summed E-state index contributed by atoms with van der Waals surface area (Å²) in [5.74, 6) is -1.61. The summed E-state index contributed by atoms with van der Waals surface area (Å²) >= 11 is 1.49. The molecule has 154 valence electrons. The first-order valence-corrected chi connectivity index (χ1v) is 10.6. The molecular weight excluding hydrogens is 430 g/mol. The molecule has 2 aromatic heterocycles. The Hall–Kier alpha value is -2.91. The van der Waals surface area contributed by atoms with Crippen molar-refractivity contribution in [3.63, 3.8) is 0 Å². The molecule has 0 unspecified atom stereocenters. The zero-order chi connectivity index (χ0) is 21.3. The Morgan fingerprint density at radius 3 is 2.47 bits per heavy atom. The summed E-state index contributed by atoms with van der Waals surface area (Å²) in [6.07, 6.45) is 0. The van der Waals surface area contributed by atoms with E-state index in [2.05, 4.69) is 4.98 Å². The molecule has 4 rings (SSSR count). The van der Waals surface area contributed by atoms with Crippen LogP contribution in [0.1, 0.15) is 0 Å². The van der Waals surface area contributed by atoms with Crippen LogP contribution in [0.15, 0.2) is 63.9 Å². The molecule has 0 spiro atoms. The summed E-state index contributed by atoms with van der Waals surface area (Å²) in [4.78, 5) is 18.3. The Morgan fingerprint density at radius 1 is 1.07 bits per heavy atom. The fourth-order valence-electron chi connectivity index (χ4n) is 3.15. The molecule has 0 aliphatic rings. The fourth-order valence-corrected chi connectivity index (χ4v) is 4.74. The van der Waals surface area contributed by atoms with Gasteiger partial charge in [0.15, 0.2) is 16.7 Å². The van der Waals surface area contributed by atoms with E-state index in [1.165, 1.54) is 23.0 Å². The standard InChI is InChI=1S/C21H16F2N2O3S2/c1-27-15-9-8-12(10-16(15)28-2)14-11-29-18-17(14)19(26)25(13-6-4-3-5-7-13)21(24-18)30-20(22)23/h3-11,20H,1-2H3. The van der Waals surface area contributed by atoms with Gasteiger partial charge in [0, 0.05) is 10.9 Å². The Morgan fingerprint density at radius 2 is 1.80 bits per heavy atom. The second-order valence-corrected chi connectivity index (χ2v) is 7.96. The number of hydrogen-bond acceptors (Lipinski definition) is 6. The van der Waals surface area contributed by atoms with Gasteiger partial charge in [-0.2, -0.15) is 8.78 Å². The van der Waals surface area contributed by atoms with E-state index in [0.717, 1.165) is 5.56 Å². The molecular formula is C21H16F2N2O3S2. The van der Waals surface area contributed by atoms with Crippen LogP contribution in [0, 0.1) is 0 Å². The predicted octanol–water partition coefficient (Wildman–Crippen LogP) is 5.45. The van der Waals surface area contributed by atoms with Crippen LogP contribution in [-0.4, -0.2) is 29.5 Å². The lowest BCUT2D eigenvalue weighted by molar-refractivity contribution is 0.251. The van der Waals surface area contributed by atoms with Gasteiger partial charge in [-0.15, -0.1) is 11.3 Å². The van der Waals surface area contributed by atoms with Crippen molar-refractivity contribution in [3.8, 4) is 28.3 Å². The van der Waals surface area contributed by atoms with E-state index in [4.69, 9.17) is 9.47 Å². The number of thiophene rings is 1. The van der Waals surface area contributed by atoms with E-state index >= 15 is 0 Å². The molecule has 4 aromatic rings. The largest absolute Gasteiger partial charge is 0.493 e. The average Bonchev–Trinajstić information content (AvgIpc) is 3.18. The first-order valence-electron chi connectivity index (χ1n) is 8.80. The van der Waals surface area contributed by atoms with Crippen LogP contribution in [-0.2, 0) is 0 Å². The van der Waals surface area contributed by atoms with Crippen LogP contribution in [0.3, 0.4) is 0 Å². The van der Waals surface area contributed by atoms with E-state index < -0.39 is 11.3 Å². The Labute approximate surface area is 178 Å². The minimum Gasteiger partial charge on any atom is -0.493 e. The zero-order valence-corrected chi connectivity index (χ0v) is 17.6. The van der Waals surface area contributed by atoms with Gasteiger partial charge < -0.3 is 9.47 Å². The van der Waals surface area contributed by atoms with Crippen molar-refractivity contribution in [2.24, 2.45) is 0 Å². The Balaban J connectivity index is 1.98.